The van der Waals surface area contributed by atoms with Gasteiger partial charge in [-0.3, -0.25) is 4.79 Å². The second kappa shape index (κ2) is 5.69. The minimum absolute atomic E-state index is 0.0545. The number of imidazole rings is 1. The Morgan fingerprint density at radius 3 is 3.06 bits per heavy atom. The van der Waals surface area contributed by atoms with E-state index in [0.717, 1.165) is 11.4 Å². The first-order valence-corrected chi connectivity index (χ1v) is 6.06. The number of benzene rings is 1. The highest BCUT2D eigenvalue weighted by Crippen LogP contribution is 2.12. The zero-order chi connectivity index (χ0) is 13.0. The number of hydrogen-bond acceptors (Lipinski definition) is 2. The highest BCUT2D eigenvalue weighted by Gasteiger charge is 2.11. The lowest BCUT2D eigenvalue weighted by Gasteiger charge is -2.11. The highest BCUT2D eigenvalue weighted by molar-refractivity contribution is 6.30. The van der Waals surface area contributed by atoms with E-state index in [-0.39, 0.29) is 11.9 Å². The fourth-order valence-corrected chi connectivity index (χ4v) is 1.92. The van der Waals surface area contributed by atoms with E-state index in [9.17, 15) is 4.79 Å². The molecule has 0 aliphatic heterocycles. The molecule has 1 amide bonds. The van der Waals surface area contributed by atoms with Crippen molar-refractivity contribution in [2.45, 2.75) is 19.4 Å². The van der Waals surface area contributed by atoms with Crippen LogP contribution in [0.5, 0.6) is 0 Å². The van der Waals surface area contributed by atoms with E-state index in [0.29, 0.717) is 11.4 Å². The number of rotatable bonds is 4. The summed E-state index contributed by atoms with van der Waals surface area (Å²) in [6.07, 6.45) is 3.70. The lowest BCUT2D eigenvalue weighted by atomic mass is 10.1. The van der Waals surface area contributed by atoms with Gasteiger partial charge in [0.25, 0.3) is 0 Å². The van der Waals surface area contributed by atoms with Gasteiger partial charge in [0.15, 0.2) is 0 Å². The predicted molar refractivity (Wildman–Crippen MR) is 70.3 cm³/mol. The number of amides is 1. The van der Waals surface area contributed by atoms with Crippen LogP contribution in [-0.2, 0) is 11.2 Å². The SMILES string of the molecule is CC(NC(=O)Cc1cccc(Cl)c1)c1ncc[nH]1. The third-order valence-corrected chi connectivity index (χ3v) is 2.80. The van der Waals surface area contributed by atoms with Gasteiger partial charge < -0.3 is 10.3 Å². The molecule has 1 aromatic heterocycles. The molecule has 1 aromatic carbocycles. The summed E-state index contributed by atoms with van der Waals surface area (Å²) in [5.74, 6) is 0.690. The minimum atomic E-state index is -0.133. The van der Waals surface area contributed by atoms with Crippen molar-refractivity contribution in [1.82, 2.24) is 15.3 Å². The van der Waals surface area contributed by atoms with Crippen molar-refractivity contribution in [3.63, 3.8) is 0 Å². The molecule has 0 saturated carbocycles. The number of aromatic amines is 1. The van der Waals surface area contributed by atoms with Gasteiger partial charge in [-0.25, -0.2) is 4.98 Å². The normalized spacial score (nSPS) is 12.1. The van der Waals surface area contributed by atoms with Gasteiger partial charge >= 0.3 is 0 Å². The van der Waals surface area contributed by atoms with Crippen LogP contribution in [0, 0.1) is 0 Å². The number of H-pyrrole nitrogens is 1. The summed E-state index contributed by atoms with van der Waals surface area (Å²) < 4.78 is 0. The molecule has 18 heavy (non-hydrogen) atoms. The lowest BCUT2D eigenvalue weighted by Crippen LogP contribution is -2.28. The largest absolute Gasteiger partial charge is 0.347 e. The number of carbonyl (C=O) groups is 1. The van der Waals surface area contributed by atoms with Crippen LogP contribution in [-0.4, -0.2) is 15.9 Å². The summed E-state index contributed by atoms with van der Waals surface area (Å²) in [5.41, 5.74) is 0.895. The van der Waals surface area contributed by atoms with Crippen molar-refractivity contribution in [2.75, 3.05) is 0 Å². The predicted octanol–water partition coefficient (Wildman–Crippen LogP) is 2.48. The molecule has 0 radical (unpaired) electrons. The molecule has 4 nitrogen and oxygen atoms in total. The van der Waals surface area contributed by atoms with Gasteiger partial charge in [-0.1, -0.05) is 23.7 Å². The summed E-state index contributed by atoms with van der Waals surface area (Å²) in [7, 11) is 0. The van der Waals surface area contributed by atoms with E-state index >= 15 is 0 Å². The van der Waals surface area contributed by atoms with Crippen molar-refractivity contribution in [2.24, 2.45) is 0 Å². The second-order valence-corrected chi connectivity index (χ2v) is 4.51. The van der Waals surface area contributed by atoms with Crippen LogP contribution in [0.4, 0.5) is 0 Å². The summed E-state index contributed by atoms with van der Waals surface area (Å²) in [4.78, 5) is 18.9. The van der Waals surface area contributed by atoms with Gasteiger partial charge in [-0.2, -0.15) is 0 Å². The van der Waals surface area contributed by atoms with E-state index in [4.69, 9.17) is 11.6 Å². The summed E-state index contributed by atoms with van der Waals surface area (Å²) in [5, 5.41) is 3.51. The Bertz CT molecular complexity index is 525. The number of hydrogen-bond donors (Lipinski definition) is 2. The molecule has 0 spiro atoms. The molecule has 2 aromatic rings. The Morgan fingerprint density at radius 2 is 2.39 bits per heavy atom. The maximum Gasteiger partial charge on any atom is 0.224 e. The Balaban J connectivity index is 1.93. The maximum absolute atomic E-state index is 11.8. The molecule has 1 unspecified atom stereocenters. The topological polar surface area (TPSA) is 57.8 Å². The molecule has 94 valence electrons. The smallest absolute Gasteiger partial charge is 0.224 e. The summed E-state index contributed by atoms with van der Waals surface area (Å²) in [6.45, 7) is 1.88. The first-order chi connectivity index (χ1) is 8.65. The first kappa shape index (κ1) is 12.6. The van der Waals surface area contributed by atoms with E-state index in [1.165, 1.54) is 0 Å². The monoisotopic (exact) mass is 263 g/mol. The zero-order valence-electron chi connectivity index (χ0n) is 9.98. The molecule has 0 aliphatic carbocycles. The lowest BCUT2D eigenvalue weighted by molar-refractivity contribution is -0.121. The average Bonchev–Trinajstić information content (AvgIpc) is 2.81. The zero-order valence-corrected chi connectivity index (χ0v) is 10.7. The van der Waals surface area contributed by atoms with E-state index in [2.05, 4.69) is 15.3 Å². The number of carbonyl (C=O) groups excluding carboxylic acids is 1. The van der Waals surface area contributed by atoms with Crippen molar-refractivity contribution < 1.29 is 4.79 Å². The Morgan fingerprint density at radius 1 is 1.56 bits per heavy atom. The van der Waals surface area contributed by atoms with Gasteiger partial charge in [0.05, 0.1) is 12.5 Å². The Kier molecular flexibility index (Phi) is 3.99. The molecule has 0 aliphatic rings. The number of nitrogens with one attached hydrogen (secondary N) is 2. The molecule has 2 N–H and O–H groups in total. The molecule has 0 saturated heterocycles. The van der Waals surface area contributed by atoms with E-state index in [1.54, 1.807) is 24.5 Å². The van der Waals surface area contributed by atoms with Crippen molar-refractivity contribution in [3.8, 4) is 0 Å². The second-order valence-electron chi connectivity index (χ2n) is 4.07. The van der Waals surface area contributed by atoms with Crippen LogP contribution >= 0.6 is 11.6 Å². The average molecular weight is 264 g/mol. The highest BCUT2D eigenvalue weighted by atomic mass is 35.5. The van der Waals surface area contributed by atoms with Gasteiger partial charge in [0.2, 0.25) is 5.91 Å². The van der Waals surface area contributed by atoms with E-state index in [1.807, 2.05) is 19.1 Å². The van der Waals surface area contributed by atoms with Gasteiger partial charge in [-0.05, 0) is 24.6 Å². The van der Waals surface area contributed by atoms with Crippen LogP contribution in [0.2, 0.25) is 5.02 Å². The van der Waals surface area contributed by atoms with Crippen LogP contribution in [0.3, 0.4) is 0 Å². The number of halogens is 1. The Hall–Kier alpha value is -1.81. The maximum atomic E-state index is 11.8. The number of nitrogens with zero attached hydrogens (tertiary/aromatic N) is 1. The van der Waals surface area contributed by atoms with Crippen molar-refractivity contribution in [1.29, 1.82) is 0 Å². The quantitative estimate of drug-likeness (QED) is 0.890. The van der Waals surface area contributed by atoms with Crippen LogP contribution in [0.25, 0.3) is 0 Å². The summed E-state index contributed by atoms with van der Waals surface area (Å²) >= 11 is 5.87. The standard InChI is InChI=1S/C13H14ClN3O/c1-9(13-15-5-6-16-13)17-12(18)8-10-3-2-4-11(14)7-10/h2-7,9H,8H2,1H3,(H,15,16)(H,17,18). The Labute approximate surface area is 110 Å². The fourth-order valence-electron chi connectivity index (χ4n) is 1.71. The minimum Gasteiger partial charge on any atom is -0.347 e. The van der Waals surface area contributed by atoms with Crippen LogP contribution in [0.1, 0.15) is 24.4 Å². The van der Waals surface area contributed by atoms with Crippen LogP contribution < -0.4 is 5.32 Å². The molecular weight excluding hydrogens is 250 g/mol. The van der Waals surface area contributed by atoms with Gasteiger partial charge in [0, 0.05) is 17.4 Å². The van der Waals surface area contributed by atoms with Crippen molar-refractivity contribution in [3.05, 3.63) is 53.1 Å². The molecule has 5 heteroatoms. The first-order valence-electron chi connectivity index (χ1n) is 5.68. The molecule has 1 heterocycles. The third kappa shape index (κ3) is 3.34. The molecule has 2 rings (SSSR count). The molecular formula is C13H14ClN3O. The molecule has 1 atom stereocenters. The van der Waals surface area contributed by atoms with Gasteiger partial charge in [-0.15, -0.1) is 0 Å². The molecule has 0 bridgehead atoms. The summed E-state index contributed by atoms with van der Waals surface area (Å²) in [6, 6.07) is 7.16. The van der Waals surface area contributed by atoms with E-state index < -0.39 is 0 Å². The van der Waals surface area contributed by atoms with Gasteiger partial charge in [0.1, 0.15) is 5.82 Å². The van der Waals surface area contributed by atoms with Crippen molar-refractivity contribution >= 4 is 17.5 Å². The third-order valence-electron chi connectivity index (χ3n) is 2.56. The fraction of sp³-hybridized carbons (Fsp3) is 0.231. The van der Waals surface area contributed by atoms with Crippen LogP contribution in [0.15, 0.2) is 36.7 Å². The molecule has 0 fully saturated rings. The number of aromatic nitrogens is 2.